The minimum absolute atomic E-state index is 0.326. The van der Waals surface area contributed by atoms with Gasteiger partial charge in [-0.25, -0.2) is 9.97 Å². The molecule has 0 spiro atoms. The number of aromatic nitrogens is 2. The maximum Gasteiger partial charge on any atom is 0.225 e. The summed E-state index contributed by atoms with van der Waals surface area (Å²) < 4.78 is 5.56. The largest absolute Gasteiger partial charge is 0.378 e. The molecule has 0 atom stereocenters. The van der Waals surface area contributed by atoms with Crippen LogP contribution in [0.1, 0.15) is 13.8 Å². The molecule has 4 nitrogen and oxygen atoms in total. The summed E-state index contributed by atoms with van der Waals surface area (Å²) >= 11 is 0. The van der Waals surface area contributed by atoms with E-state index in [9.17, 15) is 0 Å². The van der Waals surface area contributed by atoms with E-state index in [1.54, 1.807) is 12.4 Å². The van der Waals surface area contributed by atoms with E-state index in [4.69, 9.17) is 4.74 Å². The van der Waals surface area contributed by atoms with Crippen LogP contribution in [0.15, 0.2) is 18.5 Å². The molecule has 0 saturated carbocycles. The van der Waals surface area contributed by atoms with Crippen molar-refractivity contribution in [3.8, 4) is 0 Å². The average Bonchev–Trinajstić information content (AvgIpc) is 2.16. The molecule has 1 aliphatic rings. The zero-order valence-electron chi connectivity index (χ0n) is 9.26. The summed E-state index contributed by atoms with van der Waals surface area (Å²) in [7, 11) is 0. The molecule has 1 saturated heterocycles. The van der Waals surface area contributed by atoms with E-state index < -0.39 is 0 Å². The SMILES string of the molecule is CC(C)OCC1CN(c2ncccn2)C1. The van der Waals surface area contributed by atoms with Crippen LogP contribution in [0.4, 0.5) is 5.95 Å². The average molecular weight is 207 g/mol. The van der Waals surface area contributed by atoms with E-state index in [0.29, 0.717) is 12.0 Å². The Labute approximate surface area is 90.3 Å². The smallest absolute Gasteiger partial charge is 0.225 e. The maximum absolute atomic E-state index is 5.56. The van der Waals surface area contributed by atoms with Crippen LogP contribution >= 0.6 is 0 Å². The Bertz CT molecular complexity index is 296. The van der Waals surface area contributed by atoms with Crippen molar-refractivity contribution in [3.63, 3.8) is 0 Å². The van der Waals surface area contributed by atoms with E-state index in [2.05, 4.69) is 28.7 Å². The predicted octanol–water partition coefficient (Wildman–Crippen LogP) is 1.34. The summed E-state index contributed by atoms with van der Waals surface area (Å²) in [6, 6.07) is 1.84. The van der Waals surface area contributed by atoms with Crippen molar-refractivity contribution in [2.24, 2.45) is 5.92 Å². The molecule has 1 fully saturated rings. The van der Waals surface area contributed by atoms with Gasteiger partial charge in [-0.1, -0.05) is 0 Å². The number of anilines is 1. The zero-order valence-corrected chi connectivity index (χ0v) is 9.26. The van der Waals surface area contributed by atoms with Crippen LogP contribution in [-0.4, -0.2) is 35.8 Å². The second-order valence-corrected chi connectivity index (χ2v) is 4.20. The molecule has 4 heteroatoms. The van der Waals surface area contributed by atoms with Crippen LogP contribution in [0.3, 0.4) is 0 Å². The second kappa shape index (κ2) is 4.57. The first kappa shape index (κ1) is 10.4. The highest BCUT2D eigenvalue weighted by molar-refractivity contribution is 5.32. The third kappa shape index (κ3) is 2.65. The number of hydrogen-bond donors (Lipinski definition) is 0. The van der Waals surface area contributed by atoms with Crippen molar-refractivity contribution in [1.29, 1.82) is 0 Å². The molecule has 0 aliphatic carbocycles. The fourth-order valence-corrected chi connectivity index (χ4v) is 1.62. The highest BCUT2D eigenvalue weighted by atomic mass is 16.5. The van der Waals surface area contributed by atoms with Crippen molar-refractivity contribution < 1.29 is 4.74 Å². The fourth-order valence-electron chi connectivity index (χ4n) is 1.62. The van der Waals surface area contributed by atoms with E-state index in [0.717, 1.165) is 25.6 Å². The summed E-state index contributed by atoms with van der Waals surface area (Å²) in [5, 5.41) is 0. The molecule has 15 heavy (non-hydrogen) atoms. The van der Waals surface area contributed by atoms with E-state index >= 15 is 0 Å². The van der Waals surface area contributed by atoms with Gasteiger partial charge in [-0.05, 0) is 19.9 Å². The van der Waals surface area contributed by atoms with Gasteiger partial charge < -0.3 is 9.64 Å². The first-order valence-electron chi connectivity index (χ1n) is 5.39. The van der Waals surface area contributed by atoms with Gasteiger partial charge in [0.1, 0.15) is 0 Å². The Hall–Kier alpha value is -1.16. The minimum Gasteiger partial charge on any atom is -0.378 e. The molecular formula is C11H17N3O. The lowest BCUT2D eigenvalue weighted by molar-refractivity contribution is 0.0435. The third-order valence-electron chi connectivity index (χ3n) is 2.46. The molecule has 82 valence electrons. The Morgan fingerprint density at radius 2 is 2.07 bits per heavy atom. The highest BCUT2D eigenvalue weighted by Gasteiger charge is 2.28. The molecule has 0 amide bonds. The Morgan fingerprint density at radius 3 is 2.67 bits per heavy atom. The number of hydrogen-bond acceptors (Lipinski definition) is 4. The standard InChI is InChI=1S/C11H17N3O/c1-9(2)15-8-10-6-14(7-10)11-12-4-3-5-13-11/h3-5,9-10H,6-8H2,1-2H3. The molecule has 0 aromatic carbocycles. The Morgan fingerprint density at radius 1 is 1.40 bits per heavy atom. The van der Waals surface area contributed by atoms with Gasteiger partial charge in [0.05, 0.1) is 12.7 Å². The Balaban J connectivity index is 1.74. The molecular weight excluding hydrogens is 190 g/mol. The topological polar surface area (TPSA) is 38.2 Å². The quantitative estimate of drug-likeness (QED) is 0.746. The highest BCUT2D eigenvalue weighted by Crippen LogP contribution is 2.20. The van der Waals surface area contributed by atoms with Crippen LogP contribution in [0.2, 0.25) is 0 Å². The van der Waals surface area contributed by atoms with Crippen molar-refractivity contribution >= 4 is 5.95 Å². The lowest BCUT2D eigenvalue weighted by Crippen LogP contribution is -2.49. The van der Waals surface area contributed by atoms with Crippen molar-refractivity contribution in [2.75, 3.05) is 24.6 Å². The Kier molecular flexibility index (Phi) is 3.16. The lowest BCUT2D eigenvalue weighted by Gasteiger charge is -2.39. The molecule has 2 rings (SSSR count). The maximum atomic E-state index is 5.56. The van der Waals surface area contributed by atoms with Gasteiger partial charge in [-0.2, -0.15) is 0 Å². The van der Waals surface area contributed by atoms with Crippen LogP contribution in [-0.2, 0) is 4.74 Å². The third-order valence-corrected chi connectivity index (χ3v) is 2.46. The molecule has 1 aromatic heterocycles. The van der Waals surface area contributed by atoms with Crippen molar-refractivity contribution in [3.05, 3.63) is 18.5 Å². The van der Waals surface area contributed by atoms with Gasteiger partial charge in [0, 0.05) is 31.4 Å². The van der Waals surface area contributed by atoms with E-state index in [1.165, 1.54) is 0 Å². The summed E-state index contributed by atoms with van der Waals surface area (Å²) in [5.41, 5.74) is 0. The molecule has 2 heterocycles. The van der Waals surface area contributed by atoms with Gasteiger partial charge in [-0.15, -0.1) is 0 Å². The molecule has 0 unspecified atom stereocenters. The summed E-state index contributed by atoms with van der Waals surface area (Å²) in [6.45, 7) is 7.00. The minimum atomic E-state index is 0.326. The van der Waals surface area contributed by atoms with Gasteiger partial charge in [0.15, 0.2) is 0 Å². The van der Waals surface area contributed by atoms with E-state index in [-0.39, 0.29) is 0 Å². The van der Waals surface area contributed by atoms with Gasteiger partial charge in [0.2, 0.25) is 5.95 Å². The van der Waals surface area contributed by atoms with Crippen LogP contribution in [0.5, 0.6) is 0 Å². The lowest BCUT2D eigenvalue weighted by atomic mass is 10.0. The van der Waals surface area contributed by atoms with Crippen molar-refractivity contribution in [1.82, 2.24) is 9.97 Å². The first-order chi connectivity index (χ1) is 7.25. The molecule has 0 bridgehead atoms. The monoisotopic (exact) mass is 207 g/mol. The molecule has 0 radical (unpaired) electrons. The number of nitrogens with zero attached hydrogens (tertiary/aromatic N) is 3. The van der Waals surface area contributed by atoms with Crippen LogP contribution in [0.25, 0.3) is 0 Å². The molecule has 1 aromatic rings. The van der Waals surface area contributed by atoms with Crippen LogP contribution in [0, 0.1) is 5.92 Å². The van der Waals surface area contributed by atoms with Crippen molar-refractivity contribution in [2.45, 2.75) is 20.0 Å². The van der Waals surface area contributed by atoms with E-state index in [1.807, 2.05) is 6.07 Å². The number of ether oxygens (including phenoxy) is 1. The molecule has 0 N–H and O–H groups in total. The zero-order chi connectivity index (χ0) is 10.7. The predicted molar refractivity (Wildman–Crippen MR) is 58.8 cm³/mol. The summed E-state index contributed by atoms with van der Waals surface area (Å²) in [5.74, 6) is 1.47. The van der Waals surface area contributed by atoms with Gasteiger partial charge >= 0.3 is 0 Å². The molecule has 1 aliphatic heterocycles. The number of rotatable bonds is 4. The van der Waals surface area contributed by atoms with Crippen LogP contribution < -0.4 is 4.90 Å². The fraction of sp³-hybridized carbons (Fsp3) is 0.636. The van der Waals surface area contributed by atoms with Gasteiger partial charge in [-0.3, -0.25) is 0 Å². The normalized spacial score (nSPS) is 16.9. The summed E-state index contributed by atoms with van der Waals surface area (Å²) in [4.78, 5) is 10.6. The first-order valence-corrected chi connectivity index (χ1v) is 5.39. The van der Waals surface area contributed by atoms with Gasteiger partial charge in [0.25, 0.3) is 0 Å². The summed E-state index contributed by atoms with van der Waals surface area (Å²) in [6.07, 6.45) is 3.88. The second-order valence-electron chi connectivity index (χ2n) is 4.20.